The van der Waals surface area contributed by atoms with Gasteiger partial charge in [-0.05, 0) is 22.0 Å². The van der Waals surface area contributed by atoms with Gasteiger partial charge < -0.3 is 5.11 Å². The molecule has 0 saturated heterocycles. The van der Waals surface area contributed by atoms with Crippen molar-refractivity contribution in [1.29, 1.82) is 0 Å². The highest BCUT2D eigenvalue weighted by atomic mass is 79.9. The lowest BCUT2D eigenvalue weighted by molar-refractivity contribution is 0.0690. The smallest absolute Gasteiger partial charge is 0.338 e. The first-order chi connectivity index (χ1) is 5.95. The second kappa shape index (κ2) is 3.37. The van der Waals surface area contributed by atoms with Crippen LogP contribution in [0.25, 0.3) is 0 Å². The molecule has 0 spiro atoms. The van der Waals surface area contributed by atoms with Crippen LogP contribution in [0.3, 0.4) is 0 Å². The molecule has 0 heterocycles. The minimum Gasteiger partial charge on any atom is -0.478 e. The molecule has 1 rings (SSSR count). The number of benzene rings is 1. The first-order valence-corrected chi connectivity index (χ1v) is 3.80. The normalized spacial score (nSPS) is 10.2. The molecule has 1 N–H and O–H groups in total. The summed E-state index contributed by atoms with van der Waals surface area (Å²) in [6, 6.07) is 0.408. The molecule has 0 aliphatic carbocycles. The Labute approximate surface area is 79.1 Å². The molecule has 0 aromatic heterocycles. The number of halogens is 4. The van der Waals surface area contributed by atoms with Gasteiger partial charge in [-0.25, -0.2) is 18.0 Å². The van der Waals surface area contributed by atoms with Gasteiger partial charge in [0.05, 0.1) is 4.47 Å². The van der Waals surface area contributed by atoms with E-state index in [-0.39, 0.29) is 0 Å². The highest BCUT2D eigenvalue weighted by molar-refractivity contribution is 9.10. The van der Waals surface area contributed by atoms with Crippen molar-refractivity contribution in [3.63, 3.8) is 0 Å². The number of aromatic carboxylic acids is 1. The molecule has 0 radical (unpaired) electrons. The molecule has 0 saturated carbocycles. The summed E-state index contributed by atoms with van der Waals surface area (Å²) in [6.07, 6.45) is 0. The molecular formula is C7H2BrF3O2. The van der Waals surface area contributed by atoms with Crippen molar-refractivity contribution in [2.75, 3.05) is 0 Å². The maximum atomic E-state index is 12.7. The molecule has 6 heteroatoms. The Morgan fingerprint density at radius 2 is 1.85 bits per heavy atom. The van der Waals surface area contributed by atoms with Crippen molar-refractivity contribution in [1.82, 2.24) is 0 Å². The molecule has 0 aliphatic heterocycles. The predicted molar refractivity (Wildman–Crippen MR) is 41.0 cm³/mol. The van der Waals surface area contributed by atoms with Crippen LogP contribution >= 0.6 is 15.9 Å². The average Bonchev–Trinajstić information content (AvgIpc) is 2.07. The first-order valence-electron chi connectivity index (χ1n) is 3.01. The SMILES string of the molecule is O=C(O)c1cc(F)c(Br)c(F)c1F. The quantitative estimate of drug-likeness (QED) is 0.618. The number of carboxylic acids is 1. The third-order valence-electron chi connectivity index (χ3n) is 1.33. The molecule has 0 aliphatic rings. The van der Waals surface area contributed by atoms with Crippen molar-refractivity contribution in [2.24, 2.45) is 0 Å². The van der Waals surface area contributed by atoms with Gasteiger partial charge in [-0.1, -0.05) is 0 Å². The molecule has 0 fully saturated rings. The van der Waals surface area contributed by atoms with Gasteiger partial charge in [-0.2, -0.15) is 0 Å². The van der Waals surface area contributed by atoms with Crippen LogP contribution in [-0.4, -0.2) is 11.1 Å². The molecule has 70 valence electrons. The van der Waals surface area contributed by atoms with E-state index in [1.807, 2.05) is 0 Å². The Balaban J connectivity index is 3.50. The van der Waals surface area contributed by atoms with Gasteiger partial charge in [0.2, 0.25) is 0 Å². The third-order valence-corrected chi connectivity index (χ3v) is 2.06. The number of carboxylic acid groups (broad SMARTS) is 1. The van der Waals surface area contributed by atoms with Crippen LogP contribution in [0, 0.1) is 17.5 Å². The second-order valence-corrected chi connectivity index (χ2v) is 2.95. The summed E-state index contributed by atoms with van der Waals surface area (Å²) in [4.78, 5) is 10.2. The Morgan fingerprint density at radius 1 is 1.31 bits per heavy atom. The molecule has 0 unspecified atom stereocenters. The van der Waals surface area contributed by atoms with Crippen LogP contribution in [-0.2, 0) is 0 Å². The van der Waals surface area contributed by atoms with Crippen LogP contribution in [0.1, 0.15) is 10.4 Å². The average molecular weight is 255 g/mol. The van der Waals surface area contributed by atoms with E-state index < -0.39 is 33.5 Å². The summed E-state index contributed by atoms with van der Waals surface area (Å²) in [5, 5.41) is 8.32. The van der Waals surface area contributed by atoms with E-state index in [9.17, 15) is 18.0 Å². The number of hydrogen-bond acceptors (Lipinski definition) is 1. The van der Waals surface area contributed by atoms with Crippen molar-refractivity contribution in [3.05, 3.63) is 33.6 Å². The standard InChI is InChI=1S/C7H2BrF3O2/c8-4-3(9)1-2(7(12)13)5(10)6(4)11/h1H,(H,12,13). The summed E-state index contributed by atoms with van der Waals surface area (Å²) in [6.45, 7) is 0. The molecule has 2 nitrogen and oxygen atoms in total. The highest BCUT2D eigenvalue weighted by Gasteiger charge is 2.20. The molecule has 13 heavy (non-hydrogen) atoms. The van der Waals surface area contributed by atoms with E-state index in [4.69, 9.17) is 5.11 Å². The Bertz CT molecular complexity index is 378. The Morgan fingerprint density at radius 3 is 2.31 bits per heavy atom. The lowest BCUT2D eigenvalue weighted by Gasteiger charge is -2.01. The lowest BCUT2D eigenvalue weighted by atomic mass is 10.2. The van der Waals surface area contributed by atoms with Gasteiger partial charge in [-0.15, -0.1) is 0 Å². The molecule has 0 atom stereocenters. The monoisotopic (exact) mass is 254 g/mol. The van der Waals surface area contributed by atoms with E-state index in [2.05, 4.69) is 15.9 Å². The largest absolute Gasteiger partial charge is 0.478 e. The van der Waals surface area contributed by atoms with E-state index in [1.165, 1.54) is 0 Å². The fourth-order valence-electron chi connectivity index (χ4n) is 0.728. The van der Waals surface area contributed by atoms with Crippen molar-refractivity contribution in [3.8, 4) is 0 Å². The van der Waals surface area contributed by atoms with Gasteiger partial charge in [0.25, 0.3) is 0 Å². The van der Waals surface area contributed by atoms with Gasteiger partial charge in [0, 0.05) is 0 Å². The van der Waals surface area contributed by atoms with Gasteiger partial charge in [-0.3, -0.25) is 0 Å². The summed E-state index contributed by atoms with van der Waals surface area (Å²) >= 11 is 2.43. The van der Waals surface area contributed by atoms with E-state index >= 15 is 0 Å². The van der Waals surface area contributed by atoms with Crippen LogP contribution in [0.5, 0.6) is 0 Å². The van der Waals surface area contributed by atoms with E-state index in [0.29, 0.717) is 6.07 Å². The van der Waals surface area contributed by atoms with Crippen molar-refractivity contribution < 1.29 is 23.1 Å². The molecular weight excluding hydrogens is 253 g/mol. The Kier molecular flexibility index (Phi) is 2.60. The minimum atomic E-state index is -1.72. The maximum absolute atomic E-state index is 12.7. The van der Waals surface area contributed by atoms with Crippen molar-refractivity contribution >= 4 is 21.9 Å². The number of carbonyl (C=O) groups is 1. The zero-order valence-electron chi connectivity index (χ0n) is 5.94. The zero-order valence-corrected chi connectivity index (χ0v) is 7.53. The highest BCUT2D eigenvalue weighted by Crippen LogP contribution is 2.24. The minimum absolute atomic E-state index is 0.408. The number of rotatable bonds is 1. The maximum Gasteiger partial charge on any atom is 0.338 e. The predicted octanol–water partition coefficient (Wildman–Crippen LogP) is 2.56. The molecule has 1 aromatic carbocycles. The van der Waals surface area contributed by atoms with Gasteiger partial charge in [0.1, 0.15) is 11.4 Å². The molecule has 1 aromatic rings. The van der Waals surface area contributed by atoms with Crippen LogP contribution in [0.15, 0.2) is 10.5 Å². The summed E-state index contributed by atoms with van der Waals surface area (Å²) < 4.78 is 37.4. The zero-order chi connectivity index (χ0) is 10.2. The van der Waals surface area contributed by atoms with Crippen LogP contribution < -0.4 is 0 Å². The number of hydrogen-bond donors (Lipinski definition) is 1. The molecule has 0 bridgehead atoms. The second-order valence-electron chi connectivity index (χ2n) is 2.15. The Hall–Kier alpha value is -1.04. The van der Waals surface area contributed by atoms with Gasteiger partial charge in [0.15, 0.2) is 11.6 Å². The topological polar surface area (TPSA) is 37.3 Å². The lowest BCUT2D eigenvalue weighted by Crippen LogP contribution is -2.05. The fraction of sp³-hybridized carbons (Fsp3) is 0. The van der Waals surface area contributed by atoms with E-state index in [1.54, 1.807) is 0 Å². The van der Waals surface area contributed by atoms with Crippen molar-refractivity contribution in [2.45, 2.75) is 0 Å². The van der Waals surface area contributed by atoms with E-state index in [0.717, 1.165) is 0 Å². The third kappa shape index (κ3) is 1.67. The fourth-order valence-corrected chi connectivity index (χ4v) is 1.02. The first kappa shape index (κ1) is 10.0. The van der Waals surface area contributed by atoms with Crippen LogP contribution in [0.4, 0.5) is 13.2 Å². The van der Waals surface area contributed by atoms with Crippen LogP contribution in [0.2, 0.25) is 0 Å². The molecule has 0 amide bonds. The summed E-state index contributed by atoms with van der Waals surface area (Å²) in [7, 11) is 0. The van der Waals surface area contributed by atoms with Gasteiger partial charge >= 0.3 is 5.97 Å². The summed E-state index contributed by atoms with van der Waals surface area (Å²) in [5.41, 5.74) is -1.03. The summed E-state index contributed by atoms with van der Waals surface area (Å²) in [5.74, 6) is -6.00.